The number of nitrogens with two attached hydrogens (primary N) is 1. The Bertz CT molecular complexity index is 366. The molecule has 1 fully saturated rings. The molecule has 0 amide bonds. The molecule has 0 spiro atoms. The lowest BCUT2D eigenvalue weighted by Crippen LogP contribution is -2.13. The van der Waals surface area contributed by atoms with E-state index in [4.69, 9.17) is 15.2 Å². The molecule has 0 aliphatic carbocycles. The monoisotopic (exact) mass is 238 g/mol. The van der Waals surface area contributed by atoms with Crippen LogP contribution in [-0.2, 0) is 4.74 Å². The summed E-state index contributed by atoms with van der Waals surface area (Å²) in [5, 5.41) is 3.20. The maximum absolute atomic E-state index is 5.56. The zero-order chi connectivity index (χ0) is 12.1. The lowest BCUT2D eigenvalue weighted by Gasteiger charge is -2.11. The van der Waals surface area contributed by atoms with Crippen molar-refractivity contribution in [1.82, 2.24) is 9.97 Å². The molecule has 1 aromatic heterocycles. The van der Waals surface area contributed by atoms with Crippen molar-refractivity contribution in [1.29, 1.82) is 0 Å². The Hall–Kier alpha value is -1.56. The maximum atomic E-state index is 5.56. The number of rotatable bonds is 5. The van der Waals surface area contributed by atoms with E-state index in [1.165, 1.54) is 6.42 Å². The molecule has 0 radical (unpaired) electrons. The fourth-order valence-electron chi connectivity index (χ4n) is 1.87. The van der Waals surface area contributed by atoms with Crippen molar-refractivity contribution in [3.8, 4) is 5.88 Å². The summed E-state index contributed by atoms with van der Waals surface area (Å²) in [7, 11) is 1.55. The molecule has 2 heterocycles. The average Bonchev–Trinajstić information content (AvgIpc) is 2.81. The fourth-order valence-corrected chi connectivity index (χ4v) is 1.87. The maximum Gasteiger partial charge on any atom is 0.225 e. The first-order valence-electron chi connectivity index (χ1n) is 5.82. The number of hydrogen-bond donors (Lipinski definition) is 2. The molecule has 1 saturated heterocycles. The Morgan fingerprint density at radius 2 is 2.47 bits per heavy atom. The van der Waals surface area contributed by atoms with E-state index in [9.17, 15) is 0 Å². The van der Waals surface area contributed by atoms with Crippen LogP contribution in [-0.4, -0.2) is 36.3 Å². The molecule has 2 rings (SSSR count). The molecule has 94 valence electrons. The summed E-state index contributed by atoms with van der Waals surface area (Å²) >= 11 is 0. The van der Waals surface area contributed by atoms with Crippen LogP contribution in [0.1, 0.15) is 19.3 Å². The Labute approximate surface area is 101 Å². The van der Waals surface area contributed by atoms with Crippen LogP contribution in [0.25, 0.3) is 0 Å². The van der Waals surface area contributed by atoms with E-state index < -0.39 is 0 Å². The predicted octanol–water partition coefficient (Wildman–Crippen LogP) is 1.05. The fraction of sp³-hybridized carbons (Fsp3) is 0.636. The minimum absolute atomic E-state index is 0.212. The zero-order valence-electron chi connectivity index (χ0n) is 9.98. The predicted molar refractivity (Wildman–Crippen MR) is 65.1 cm³/mol. The Kier molecular flexibility index (Phi) is 3.98. The number of nitrogens with zero attached hydrogens (tertiary/aromatic N) is 2. The second kappa shape index (κ2) is 5.67. The number of hydrogen-bond acceptors (Lipinski definition) is 6. The molecule has 1 unspecified atom stereocenters. The molecule has 0 saturated carbocycles. The number of aromatic nitrogens is 2. The van der Waals surface area contributed by atoms with Gasteiger partial charge in [0.15, 0.2) is 0 Å². The van der Waals surface area contributed by atoms with Crippen LogP contribution >= 0.6 is 0 Å². The van der Waals surface area contributed by atoms with Gasteiger partial charge in [-0.15, -0.1) is 0 Å². The van der Waals surface area contributed by atoms with E-state index in [-0.39, 0.29) is 5.95 Å². The van der Waals surface area contributed by atoms with Crippen LogP contribution in [0.15, 0.2) is 6.07 Å². The zero-order valence-corrected chi connectivity index (χ0v) is 9.98. The van der Waals surface area contributed by atoms with Crippen molar-refractivity contribution in [3.63, 3.8) is 0 Å². The van der Waals surface area contributed by atoms with Gasteiger partial charge in [-0.2, -0.15) is 9.97 Å². The van der Waals surface area contributed by atoms with Gasteiger partial charge in [-0.3, -0.25) is 0 Å². The van der Waals surface area contributed by atoms with Gasteiger partial charge in [-0.05, 0) is 19.3 Å². The normalized spacial score (nSPS) is 19.2. The van der Waals surface area contributed by atoms with E-state index in [0.717, 1.165) is 26.0 Å². The molecule has 17 heavy (non-hydrogen) atoms. The molecule has 1 atom stereocenters. The smallest absolute Gasteiger partial charge is 0.225 e. The van der Waals surface area contributed by atoms with Crippen molar-refractivity contribution in [2.24, 2.45) is 0 Å². The topological polar surface area (TPSA) is 82.3 Å². The van der Waals surface area contributed by atoms with Crippen LogP contribution in [0.4, 0.5) is 11.8 Å². The van der Waals surface area contributed by atoms with Crippen molar-refractivity contribution in [2.45, 2.75) is 25.4 Å². The van der Waals surface area contributed by atoms with Gasteiger partial charge in [0, 0.05) is 19.2 Å². The quantitative estimate of drug-likeness (QED) is 0.797. The van der Waals surface area contributed by atoms with Gasteiger partial charge in [0.2, 0.25) is 11.8 Å². The van der Waals surface area contributed by atoms with E-state index in [0.29, 0.717) is 17.8 Å². The molecule has 0 bridgehead atoms. The lowest BCUT2D eigenvalue weighted by atomic mass is 10.2. The molecule has 1 aliphatic rings. The highest BCUT2D eigenvalue weighted by atomic mass is 16.5. The highest BCUT2D eigenvalue weighted by molar-refractivity contribution is 5.42. The summed E-state index contributed by atoms with van der Waals surface area (Å²) in [6, 6.07) is 1.73. The Balaban J connectivity index is 1.83. The molecular formula is C11H18N4O2. The average molecular weight is 238 g/mol. The molecule has 6 heteroatoms. The third-order valence-corrected chi connectivity index (χ3v) is 2.73. The summed E-state index contributed by atoms with van der Waals surface area (Å²) in [5.41, 5.74) is 5.56. The molecule has 3 N–H and O–H groups in total. The Morgan fingerprint density at radius 3 is 3.18 bits per heavy atom. The summed E-state index contributed by atoms with van der Waals surface area (Å²) < 4.78 is 10.6. The van der Waals surface area contributed by atoms with Crippen molar-refractivity contribution in [2.75, 3.05) is 31.3 Å². The SMILES string of the molecule is COc1cc(NCCC2CCCO2)nc(N)n1. The lowest BCUT2D eigenvalue weighted by molar-refractivity contribution is 0.107. The van der Waals surface area contributed by atoms with E-state index >= 15 is 0 Å². The summed E-state index contributed by atoms with van der Waals surface area (Å²) in [4.78, 5) is 8.00. The first kappa shape index (κ1) is 11.9. The van der Waals surface area contributed by atoms with Crippen LogP contribution < -0.4 is 15.8 Å². The van der Waals surface area contributed by atoms with Gasteiger partial charge in [0.25, 0.3) is 0 Å². The van der Waals surface area contributed by atoms with Gasteiger partial charge < -0.3 is 20.5 Å². The van der Waals surface area contributed by atoms with E-state index in [1.54, 1.807) is 13.2 Å². The summed E-state index contributed by atoms with van der Waals surface area (Å²) in [6.45, 7) is 1.70. The standard InChI is InChI=1S/C11H18N4O2/c1-16-10-7-9(14-11(12)15-10)13-5-4-8-3-2-6-17-8/h7-8H,2-6H2,1H3,(H3,12,13,14,15). The van der Waals surface area contributed by atoms with E-state index in [2.05, 4.69) is 15.3 Å². The van der Waals surface area contributed by atoms with Gasteiger partial charge in [0.1, 0.15) is 5.82 Å². The second-order valence-electron chi connectivity index (χ2n) is 4.00. The third kappa shape index (κ3) is 3.45. The second-order valence-corrected chi connectivity index (χ2v) is 4.00. The van der Waals surface area contributed by atoms with Crippen molar-refractivity contribution < 1.29 is 9.47 Å². The highest BCUT2D eigenvalue weighted by Gasteiger charge is 2.14. The molecular weight excluding hydrogens is 220 g/mol. The number of methoxy groups -OCH3 is 1. The van der Waals surface area contributed by atoms with Gasteiger partial charge in [-0.1, -0.05) is 0 Å². The third-order valence-electron chi connectivity index (χ3n) is 2.73. The van der Waals surface area contributed by atoms with Crippen LogP contribution in [0.2, 0.25) is 0 Å². The van der Waals surface area contributed by atoms with Crippen molar-refractivity contribution >= 4 is 11.8 Å². The molecule has 0 aromatic carbocycles. The van der Waals surface area contributed by atoms with Gasteiger partial charge in [0.05, 0.1) is 13.2 Å². The first-order valence-corrected chi connectivity index (χ1v) is 5.82. The molecule has 1 aromatic rings. The molecule has 1 aliphatic heterocycles. The number of ether oxygens (including phenoxy) is 2. The first-order chi connectivity index (χ1) is 8.28. The van der Waals surface area contributed by atoms with Crippen LogP contribution in [0, 0.1) is 0 Å². The number of anilines is 2. The minimum atomic E-state index is 0.212. The summed E-state index contributed by atoms with van der Waals surface area (Å²) in [6.07, 6.45) is 3.67. The summed E-state index contributed by atoms with van der Waals surface area (Å²) in [5.74, 6) is 1.37. The van der Waals surface area contributed by atoms with Crippen LogP contribution in [0.5, 0.6) is 5.88 Å². The van der Waals surface area contributed by atoms with Gasteiger partial charge >= 0.3 is 0 Å². The highest BCUT2D eigenvalue weighted by Crippen LogP contribution is 2.17. The van der Waals surface area contributed by atoms with E-state index in [1.807, 2.05) is 0 Å². The Morgan fingerprint density at radius 1 is 1.59 bits per heavy atom. The van der Waals surface area contributed by atoms with Gasteiger partial charge in [-0.25, -0.2) is 0 Å². The molecule has 6 nitrogen and oxygen atoms in total. The number of nitrogen functional groups attached to an aromatic ring is 1. The van der Waals surface area contributed by atoms with Crippen LogP contribution in [0.3, 0.4) is 0 Å². The minimum Gasteiger partial charge on any atom is -0.481 e. The van der Waals surface area contributed by atoms with Crippen molar-refractivity contribution in [3.05, 3.63) is 6.07 Å². The number of nitrogens with one attached hydrogen (secondary N) is 1. The largest absolute Gasteiger partial charge is 0.481 e.